The molecule has 0 bridgehead atoms. The van der Waals surface area contributed by atoms with Gasteiger partial charge in [0.15, 0.2) is 5.78 Å². The van der Waals surface area contributed by atoms with Gasteiger partial charge in [-0.1, -0.05) is 91.8 Å². The van der Waals surface area contributed by atoms with E-state index in [4.69, 9.17) is 4.74 Å². The molecular weight excluding hydrogens is 639 g/mol. The normalized spacial score (nSPS) is 11.9. The zero-order chi connectivity index (χ0) is 26.7. The summed E-state index contributed by atoms with van der Waals surface area (Å²) in [6.07, 6.45) is 3.19. The third kappa shape index (κ3) is 8.24. The van der Waals surface area contributed by atoms with Gasteiger partial charge in [-0.05, 0) is 16.2 Å². The van der Waals surface area contributed by atoms with Crippen LogP contribution < -0.4 is 4.74 Å². The summed E-state index contributed by atoms with van der Waals surface area (Å²) in [5.41, 5.74) is 1.45. The molecule has 37 heavy (non-hydrogen) atoms. The van der Waals surface area contributed by atoms with E-state index < -0.39 is 5.41 Å². The van der Waals surface area contributed by atoms with E-state index in [1.807, 2.05) is 66.8 Å². The van der Waals surface area contributed by atoms with Crippen molar-refractivity contribution in [3.05, 3.63) is 89.8 Å². The summed E-state index contributed by atoms with van der Waals surface area (Å²) in [6.45, 7) is 15.2. The average molecular weight is 675 g/mol. The molecule has 4 nitrogen and oxygen atoms in total. The van der Waals surface area contributed by atoms with Gasteiger partial charge in [-0.15, -0.1) is 12.1 Å². The number of hydrogen-bond donors (Lipinski definition) is 1. The number of aryl methyl sites for hydroxylation is 2. The van der Waals surface area contributed by atoms with Crippen molar-refractivity contribution < 1.29 is 34.7 Å². The monoisotopic (exact) mass is 675 g/mol. The van der Waals surface area contributed by atoms with Crippen LogP contribution in [0, 0.1) is 30.7 Å². The van der Waals surface area contributed by atoms with Gasteiger partial charge >= 0.3 is 0 Å². The fourth-order valence-corrected chi connectivity index (χ4v) is 3.52. The first kappa shape index (κ1) is 30.2. The molecule has 0 aliphatic carbocycles. The Kier molecular flexibility index (Phi) is 9.82. The maximum Gasteiger partial charge on any atom is 0.217 e. The predicted octanol–water partition coefficient (Wildman–Crippen LogP) is 8.68. The Balaban J connectivity index is 0.000000299. The molecule has 0 fully saturated rings. The number of ketones is 1. The van der Waals surface area contributed by atoms with E-state index in [9.17, 15) is 9.90 Å². The van der Waals surface area contributed by atoms with E-state index in [1.165, 1.54) is 16.8 Å². The molecule has 1 heterocycles. The third-order valence-corrected chi connectivity index (χ3v) is 5.72. The Bertz CT molecular complexity index is 1410. The first-order valence-electron chi connectivity index (χ1n) is 12.2. The molecule has 5 heteroatoms. The number of aliphatic hydroxyl groups excluding tert-OH is 1. The van der Waals surface area contributed by atoms with Crippen LogP contribution in [0.15, 0.2) is 72.6 Å². The van der Waals surface area contributed by atoms with E-state index in [-0.39, 0.29) is 37.1 Å². The van der Waals surface area contributed by atoms with Gasteiger partial charge < -0.3 is 9.84 Å². The van der Waals surface area contributed by atoms with Gasteiger partial charge in [-0.3, -0.25) is 4.79 Å². The van der Waals surface area contributed by atoms with Crippen molar-refractivity contribution in [2.24, 2.45) is 10.8 Å². The minimum Gasteiger partial charge on any atom is -0.512 e. The molecule has 3 aromatic carbocycles. The van der Waals surface area contributed by atoms with Gasteiger partial charge in [-0.25, -0.2) is 4.98 Å². The number of aromatic nitrogens is 1. The molecule has 1 aromatic heterocycles. The van der Waals surface area contributed by atoms with Crippen molar-refractivity contribution in [1.82, 2.24) is 4.98 Å². The van der Waals surface area contributed by atoms with E-state index in [1.54, 1.807) is 0 Å². The number of carbonyl (C=O) groups excluding carboxylic acids is 1. The maximum atomic E-state index is 11.5. The van der Waals surface area contributed by atoms with E-state index in [0.717, 1.165) is 21.9 Å². The molecule has 4 rings (SSSR count). The second-order valence-electron chi connectivity index (χ2n) is 11.2. The largest absolute Gasteiger partial charge is 0.512 e. The summed E-state index contributed by atoms with van der Waals surface area (Å²) >= 11 is 0. The summed E-state index contributed by atoms with van der Waals surface area (Å²) in [6, 6.07) is 21.8. The van der Waals surface area contributed by atoms with Crippen molar-refractivity contribution in [2.75, 3.05) is 0 Å². The zero-order valence-electron chi connectivity index (χ0n) is 22.9. The number of rotatable bonds is 3. The average Bonchev–Trinajstić information content (AvgIpc) is 2.77. The molecule has 197 valence electrons. The van der Waals surface area contributed by atoms with Crippen molar-refractivity contribution in [3.8, 4) is 11.6 Å². The number of aliphatic hydroxyl groups is 1. The van der Waals surface area contributed by atoms with Crippen molar-refractivity contribution in [3.63, 3.8) is 0 Å². The van der Waals surface area contributed by atoms with Gasteiger partial charge in [0.1, 0.15) is 5.76 Å². The maximum absolute atomic E-state index is 11.5. The standard InChI is InChI=1S/C21H16NO.C11H20O2.Ir/c1-14-9-15(2)11-18(10-14)23-21-12-20-17(13-22-21)8-7-16-5-3-4-6-19(16)20;1-10(2,3)8(12)7-9(13)11(4,5)6;/h3-10,12-13H,1-2H3;7,12H,1-6H3;/q-1;;/b;8-7-;. The van der Waals surface area contributed by atoms with E-state index in [2.05, 4.69) is 60.4 Å². The van der Waals surface area contributed by atoms with Crippen LogP contribution in [0.2, 0.25) is 0 Å². The smallest absolute Gasteiger partial charge is 0.217 e. The Morgan fingerprint density at radius 1 is 0.892 bits per heavy atom. The topological polar surface area (TPSA) is 59.4 Å². The Labute approximate surface area is 234 Å². The Hall–Kier alpha value is -3.01. The quantitative estimate of drug-likeness (QED) is 0.102. The molecule has 0 saturated heterocycles. The van der Waals surface area contributed by atoms with Gasteiger partial charge in [0, 0.05) is 60.4 Å². The second kappa shape index (κ2) is 12.0. The summed E-state index contributed by atoms with van der Waals surface area (Å²) in [7, 11) is 0. The Morgan fingerprint density at radius 3 is 2.16 bits per heavy atom. The second-order valence-corrected chi connectivity index (χ2v) is 11.2. The van der Waals surface area contributed by atoms with Gasteiger partial charge in [0.2, 0.25) is 5.88 Å². The zero-order valence-corrected chi connectivity index (χ0v) is 25.3. The molecule has 0 atom stereocenters. The van der Waals surface area contributed by atoms with Crippen LogP contribution in [0.1, 0.15) is 52.7 Å². The first-order chi connectivity index (χ1) is 16.7. The molecule has 1 N–H and O–H groups in total. The fourth-order valence-electron chi connectivity index (χ4n) is 3.52. The number of hydrogen-bond acceptors (Lipinski definition) is 4. The van der Waals surface area contributed by atoms with Crippen LogP contribution >= 0.6 is 0 Å². The van der Waals surface area contributed by atoms with Crippen LogP contribution in [0.5, 0.6) is 11.6 Å². The minimum absolute atomic E-state index is 0. The minimum atomic E-state index is -0.417. The molecule has 0 aliphatic rings. The van der Waals surface area contributed by atoms with Crippen LogP contribution in [0.3, 0.4) is 0 Å². The summed E-state index contributed by atoms with van der Waals surface area (Å²) in [5.74, 6) is 1.40. The molecule has 0 aliphatic heterocycles. The SMILES string of the molecule is CC(C)(C)C(=O)/C=C(\O)C(C)(C)C.Cc1[c-]c(Oc2cc3c(ccc4ccccc43)cn2)cc(C)c1.[Ir]. The number of nitrogens with zero attached hydrogens (tertiary/aromatic N) is 1. The molecule has 0 unspecified atom stereocenters. The number of pyridine rings is 1. The van der Waals surface area contributed by atoms with Gasteiger partial charge in [0.25, 0.3) is 0 Å². The van der Waals surface area contributed by atoms with Crippen molar-refractivity contribution >= 4 is 27.3 Å². The van der Waals surface area contributed by atoms with E-state index in [0.29, 0.717) is 11.6 Å². The van der Waals surface area contributed by atoms with Gasteiger partial charge in [-0.2, -0.15) is 17.2 Å². The molecule has 0 spiro atoms. The van der Waals surface area contributed by atoms with Crippen LogP contribution in [-0.2, 0) is 24.9 Å². The van der Waals surface area contributed by atoms with Crippen LogP contribution in [0.4, 0.5) is 0 Å². The predicted molar refractivity (Wildman–Crippen MR) is 149 cm³/mol. The molecule has 0 amide bonds. The third-order valence-electron chi connectivity index (χ3n) is 5.72. The van der Waals surface area contributed by atoms with Crippen molar-refractivity contribution in [1.29, 1.82) is 0 Å². The molecule has 1 radical (unpaired) electrons. The number of fused-ring (bicyclic) bond motifs is 3. The molecule has 0 saturated carbocycles. The van der Waals surface area contributed by atoms with Crippen LogP contribution in [0.25, 0.3) is 21.5 Å². The van der Waals surface area contributed by atoms with Crippen LogP contribution in [-0.4, -0.2) is 15.9 Å². The van der Waals surface area contributed by atoms with Crippen molar-refractivity contribution in [2.45, 2.75) is 55.4 Å². The summed E-state index contributed by atoms with van der Waals surface area (Å²) < 4.78 is 5.93. The van der Waals surface area contributed by atoms with E-state index >= 15 is 0 Å². The molecular formula is C32H36IrNO3-. The van der Waals surface area contributed by atoms with Gasteiger partial charge in [0.05, 0.1) is 0 Å². The molecule has 4 aromatic rings. The number of carbonyl (C=O) groups is 1. The Morgan fingerprint density at radius 2 is 1.54 bits per heavy atom. The fraction of sp³-hybridized carbons (Fsp3) is 0.312. The number of benzene rings is 3. The number of allylic oxidation sites excluding steroid dienone is 2. The summed E-state index contributed by atoms with van der Waals surface area (Å²) in [5, 5.41) is 14.2. The first-order valence-corrected chi connectivity index (χ1v) is 12.2. The summed E-state index contributed by atoms with van der Waals surface area (Å²) in [4.78, 5) is 15.9. The number of ether oxygens (including phenoxy) is 1.